The summed E-state index contributed by atoms with van der Waals surface area (Å²) in [5.74, 6) is 1.50. The average molecular weight is 404 g/mol. The highest BCUT2D eigenvalue weighted by Gasteiger charge is 2.19. The first-order chi connectivity index (χ1) is 13.4. The Kier molecular flexibility index (Phi) is 7.04. The maximum absolute atomic E-state index is 6.42. The number of hydrogen-bond acceptors (Lipinski definition) is 7. The van der Waals surface area contributed by atoms with Crippen molar-refractivity contribution in [2.45, 2.75) is 37.8 Å². The van der Waals surface area contributed by atoms with Gasteiger partial charge < -0.3 is 20.9 Å². The topological polar surface area (TPSA) is 83.2 Å². The number of nitrogens with one attached hydrogen (secondary N) is 1. The van der Waals surface area contributed by atoms with Crippen LogP contribution in [0.5, 0.6) is 0 Å². The number of nitrogens with zero attached hydrogens (tertiary/aromatic N) is 5. The van der Waals surface area contributed by atoms with E-state index in [4.69, 9.17) is 22.3 Å². The Morgan fingerprint density at radius 3 is 2.61 bits per heavy atom. The highest BCUT2D eigenvalue weighted by atomic mass is 35.5. The lowest BCUT2D eigenvalue weighted by Gasteiger charge is -2.26. The lowest BCUT2D eigenvalue weighted by Crippen LogP contribution is -2.33. The number of nitrogens with two attached hydrogens (primary N) is 1. The Bertz CT molecular complexity index is 775. The number of hydrogen-bond donors (Lipinski definition) is 2. The molecule has 3 rings (SSSR count). The van der Waals surface area contributed by atoms with Crippen LogP contribution in [0.1, 0.15) is 25.7 Å². The van der Waals surface area contributed by atoms with Gasteiger partial charge in [0.2, 0.25) is 5.95 Å². The molecule has 1 aliphatic carbocycles. The predicted molar refractivity (Wildman–Crippen MR) is 116 cm³/mol. The van der Waals surface area contributed by atoms with Gasteiger partial charge in [0.25, 0.3) is 0 Å². The first-order valence-electron chi connectivity index (χ1n) is 9.79. The normalized spacial score (nSPS) is 19.6. The molecule has 0 unspecified atom stereocenters. The summed E-state index contributed by atoms with van der Waals surface area (Å²) in [5.41, 5.74) is 7.65. The molecule has 7 nitrogen and oxygen atoms in total. The standard InChI is InChI=1S/C20H30ClN7/c1-27(2)10-11-28(3)18-12-14(8-9-23-18)19-17(21)13-24-20(26-19)25-16-6-4-15(22)5-7-16/h8-9,12-13,15-16H,4-7,10-11,22H2,1-3H3,(H,24,25,26). The van der Waals surface area contributed by atoms with E-state index in [0.29, 0.717) is 23.1 Å². The number of halogens is 1. The summed E-state index contributed by atoms with van der Waals surface area (Å²) in [5, 5.41) is 3.97. The summed E-state index contributed by atoms with van der Waals surface area (Å²) in [7, 11) is 6.16. The fraction of sp³-hybridized carbons (Fsp3) is 0.550. The van der Waals surface area contributed by atoms with Crippen LogP contribution in [-0.4, -0.2) is 66.2 Å². The van der Waals surface area contributed by atoms with Gasteiger partial charge >= 0.3 is 0 Å². The van der Waals surface area contributed by atoms with Gasteiger partial charge in [0.05, 0.1) is 16.9 Å². The lowest BCUT2D eigenvalue weighted by molar-refractivity contribution is 0.410. The molecule has 0 amide bonds. The summed E-state index contributed by atoms with van der Waals surface area (Å²) in [6.45, 7) is 1.84. The first kappa shape index (κ1) is 20.8. The van der Waals surface area contributed by atoms with Crippen molar-refractivity contribution in [3.05, 3.63) is 29.5 Å². The van der Waals surface area contributed by atoms with Crippen molar-refractivity contribution in [1.82, 2.24) is 19.9 Å². The Hall–Kier alpha value is -1.96. The molecule has 2 heterocycles. The Morgan fingerprint density at radius 1 is 1.14 bits per heavy atom. The minimum Gasteiger partial charge on any atom is -0.358 e. The van der Waals surface area contributed by atoms with E-state index in [0.717, 1.165) is 55.8 Å². The molecule has 1 aliphatic rings. The third-order valence-corrected chi connectivity index (χ3v) is 5.42. The number of rotatable bonds is 7. The zero-order valence-electron chi connectivity index (χ0n) is 16.9. The van der Waals surface area contributed by atoms with Crippen molar-refractivity contribution in [1.29, 1.82) is 0 Å². The fourth-order valence-corrected chi connectivity index (χ4v) is 3.52. The average Bonchev–Trinajstić information content (AvgIpc) is 2.69. The van der Waals surface area contributed by atoms with E-state index in [1.54, 1.807) is 12.4 Å². The van der Waals surface area contributed by atoms with Crippen molar-refractivity contribution in [2.75, 3.05) is 44.4 Å². The van der Waals surface area contributed by atoms with Gasteiger partial charge in [-0.1, -0.05) is 11.6 Å². The molecule has 8 heteroatoms. The van der Waals surface area contributed by atoms with Crippen LogP contribution in [-0.2, 0) is 0 Å². The van der Waals surface area contributed by atoms with Crippen LogP contribution in [0.3, 0.4) is 0 Å². The minimum absolute atomic E-state index is 0.319. The molecule has 0 saturated heterocycles. The summed E-state index contributed by atoms with van der Waals surface area (Å²) < 4.78 is 0. The maximum atomic E-state index is 6.42. The summed E-state index contributed by atoms with van der Waals surface area (Å²) in [6.07, 6.45) is 7.61. The minimum atomic E-state index is 0.319. The van der Waals surface area contributed by atoms with Crippen LogP contribution in [0.4, 0.5) is 11.8 Å². The second-order valence-corrected chi connectivity index (χ2v) is 8.18. The molecule has 1 fully saturated rings. The smallest absolute Gasteiger partial charge is 0.223 e. The molecule has 2 aromatic heterocycles. The van der Waals surface area contributed by atoms with Gasteiger partial charge in [-0.05, 0) is 51.9 Å². The van der Waals surface area contributed by atoms with Gasteiger partial charge in [-0.15, -0.1) is 0 Å². The number of anilines is 2. The van der Waals surface area contributed by atoms with Gasteiger partial charge in [-0.3, -0.25) is 0 Å². The second-order valence-electron chi connectivity index (χ2n) is 7.77. The quantitative estimate of drug-likeness (QED) is 0.735. The SMILES string of the molecule is CN(C)CCN(C)c1cc(-c2nc(NC3CCC(N)CC3)ncc2Cl)ccn1. The van der Waals surface area contributed by atoms with Gasteiger partial charge in [-0.2, -0.15) is 0 Å². The largest absolute Gasteiger partial charge is 0.358 e. The van der Waals surface area contributed by atoms with Crippen molar-refractivity contribution in [2.24, 2.45) is 5.73 Å². The molecular weight excluding hydrogens is 374 g/mol. The number of pyridine rings is 1. The van der Waals surface area contributed by atoms with Crippen LogP contribution < -0.4 is 16.0 Å². The lowest BCUT2D eigenvalue weighted by atomic mass is 9.92. The Balaban J connectivity index is 1.76. The molecule has 0 radical (unpaired) electrons. The summed E-state index contributed by atoms with van der Waals surface area (Å²) in [4.78, 5) is 17.8. The molecule has 0 bridgehead atoms. The molecule has 0 aromatic carbocycles. The van der Waals surface area contributed by atoms with Gasteiger partial charge in [0.1, 0.15) is 5.82 Å². The fourth-order valence-electron chi connectivity index (χ4n) is 3.32. The van der Waals surface area contributed by atoms with E-state index in [2.05, 4.69) is 39.2 Å². The molecule has 2 aromatic rings. The van der Waals surface area contributed by atoms with E-state index in [-0.39, 0.29) is 0 Å². The van der Waals surface area contributed by atoms with E-state index in [1.807, 2.05) is 19.2 Å². The van der Waals surface area contributed by atoms with Crippen molar-refractivity contribution in [3.63, 3.8) is 0 Å². The van der Waals surface area contributed by atoms with Crippen molar-refractivity contribution in [3.8, 4) is 11.3 Å². The maximum Gasteiger partial charge on any atom is 0.223 e. The Labute approximate surface area is 172 Å². The number of aromatic nitrogens is 3. The van der Waals surface area contributed by atoms with E-state index >= 15 is 0 Å². The highest BCUT2D eigenvalue weighted by molar-refractivity contribution is 6.32. The predicted octanol–water partition coefficient (Wildman–Crippen LogP) is 2.87. The monoisotopic (exact) mass is 403 g/mol. The Morgan fingerprint density at radius 2 is 1.89 bits per heavy atom. The molecule has 1 saturated carbocycles. The highest BCUT2D eigenvalue weighted by Crippen LogP contribution is 2.29. The van der Waals surface area contributed by atoms with Crippen molar-refractivity contribution < 1.29 is 0 Å². The van der Waals surface area contributed by atoms with Crippen LogP contribution in [0.2, 0.25) is 5.02 Å². The van der Waals surface area contributed by atoms with Crippen molar-refractivity contribution >= 4 is 23.4 Å². The summed E-state index contributed by atoms with van der Waals surface area (Å²) in [6, 6.07) is 4.63. The molecular formula is C20H30ClN7. The molecule has 3 N–H and O–H groups in total. The third-order valence-electron chi connectivity index (χ3n) is 5.14. The zero-order valence-corrected chi connectivity index (χ0v) is 17.7. The summed E-state index contributed by atoms with van der Waals surface area (Å²) >= 11 is 6.42. The first-order valence-corrected chi connectivity index (χ1v) is 10.2. The van der Waals surface area contributed by atoms with E-state index < -0.39 is 0 Å². The molecule has 0 aliphatic heterocycles. The molecule has 0 spiro atoms. The second kappa shape index (κ2) is 9.49. The van der Waals surface area contributed by atoms with Crippen LogP contribution in [0, 0.1) is 0 Å². The molecule has 0 atom stereocenters. The molecule has 28 heavy (non-hydrogen) atoms. The van der Waals surface area contributed by atoms with E-state index in [1.165, 1.54) is 0 Å². The van der Waals surface area contributed by atoms with Crippen LogP contribution in [0.25, 0.3) is 11.3 Å². The molecule has 152 valence electrons. The van der Waals surface area contributed by atoms with Gasteiger partial charge in [-0.25, -0.2) is 15.0 Å². The van der Waals surface area contributed by atoms with Gasteiger partial charge in [0.15, 0.2) is 0 Å². The number of likely N-dealkylation sites (N-methyl/N-ethyl adjacent to an activating group) is 2. The third kappa shape index (κ3) is 5.53. The van der Waals surface area contributed by atoms with E-state index in [9.17, 15) is 0 Å². The van der Waals surface area contributed by atoms with Gasteiger partial charge in [0, 0.05) is 44.0 Å². The van der Waals surface area contributed by atoms with Crippen LogP contribution >= 0.6 is 11.6 Å². The van der Waals surface area contributed by atoms with Crippen LogP contribution in [0.15, 0.2) is 24.5 Å². The zero-order chi connectivity index (χ0) is 20.1.